The van der Waals surface area contributed by atoms with E-state index in [4.69, 9.17) is 12.6 Å². The summed E-state index contributed by atoms with van der Waals surface area (Å²) in [6.45, 7) is 2.75. The Hall–Kier alpha value is -0.540. The molecule has 2 aliphatic heterocycles. The number of allylic oxidation sites excluding steroid dienone is 2. The summed E-state index contributed by atoms with van der Waals surface area (Å²) in [5.41, 5.74) is 0. The van der Waals surface area contributed by atoms with Crippen molar-refractivity contribution >= 4 is 12.6 Å². The van der Waals surface area contributed by atoms with Gasteiger partial charge in [0, 0.05) is 0 Å². The van der Waals surface area contributed by atoms with Gasteiger partial charge in [0.2, 0.25) is 0 Å². The van der Waals surface area contributed by atoms with Crippen LogP contribution in [0.15, 0.2) is 23.4 Å². The number of hydrogen-bond donors (Lipinski definition) is 2. The monoisotopic (exact) mass is 198 g/mol. The highest BCUT2D eigenvalue weighted by molar-refractivity contribution is 7.63. The van der Waals surface area contributed by atoms with Crippen molar-refractivity contribution in [1.82, 2.24) is 5.32 Å². The summed E-state index contributed by atoms with van der Waals surface area (Å²) in [6, 6.07) is 0. The van der Waals surface area contributed by atoms with E-state index in [2.05, 4.69) is 10.6 Å². The zero-order valence-corrected chi connectivity index (χ0v) is 8.78. The van der Waals surface area contributed by atoms with Gasteiger partial charge in [-0.15, -0.1) is 5.03 Å². The molecular formula is C10H18N2S. The molecule has 0 aliphatic carbocycles. The average Bonchev–Trinajstić information content (AvgIpc) is 2.22. The lowest BCUT2D eigenvalue weighted by Gasteiger charge is -2.13. The predicted octanol–water partition coefficient (Wildman–Crippen LogP) is 0.615. The minimum atomic E-state index is 0.836. The second-order valence-electron chi connectivity index (χ2n) is 3.28. The predicted molar refractivity (Wildman–Crippen MR) is 57.9 cm³/mol. The quantitative estimate of drug-likeness (QED) is 0.559. The molecular weight excluding hydrogens is 180 g/mol. The maximum Gasteiger partial charge on any atom is 0.0755 e. The zero-order valence-electron chi connectivity index (χ0n) is 7.96. The molecule has 0 aromatic carbocycles. The lowest BCUT2D eigenvalue weighted by Crippen LogP contribution is -2.85. The molecule has 0 atom stereocenters. The van der Waals surface area contributed by atoms with E-state index in [-0.39, 0.29) is 0 Å². The minimum absolute atomic E-state index is 0.836. The van der Waals surface area contributed by atoms with Crippen molar-refractivity contribution in [2.24, 2.45) is 0 Å². The second kappa shape index (κ2) is 6.92. The molecule has 74 valence electrons. The summed E-state index contributed by atoms with van der Waals surface area (Å²) < 4.78 is 0. The van der Waals surface area contributed by atoms with Gasteiger partial charge >= 0.3 is 0 Å². The third-order valence-electron chi connectivity index (χ3n) is 2.10. The van der Waals surface area contributed by atoms with Gasteiger partial charge in [0.05, 0.1) is 13.1 Å². The van der Waals surface area contributed by atoms with Crippen molar-refractivity contribution in [3.63, 3.8) is 0 Å². The summed E-state index contributed by atoms with van der Waals surface area (Å²) in [5, 5.41) is 6.11. The van der Waals surface area contributed by atoms with E-state index in [1.807, 2.05) is 18.4 Å². The Bertz CT molecular complexity index is 172. The van der Waals surface area contributed by atoms with Crippen molar-refractivity contribution in [2.75, 3.05) is 13.1 Å². The molecule has 0 amide bonds. The van der Waals surface area contributed by atoms with Crippen molar-refractivity contribution in [3.8, 4) is 0 Å². The molecule has 2 heterocycles. The largest absolute Gasteiger partial charge is 0.763 e. The Morgan fingerprint density at radius 3 is 2.23 bits per heavy atom. The van der Waals surface area contributed by atoms with E-state index < -0.39 is 0 Å². The van der Waals surface area contributed by atoms with Crippen LogP contribution in [0.1, 0.15) is 25.7 Å². The van der Waals surface area contributed by atoms with E-state index in [9.17, 15) is 0 Å². The van der Waals surface area contributed by atoms with Crippen LogP contribution in [-0.4, -0.2) is 13.1 Å². The molecule has 0 bridgehead atoms. The molecule has 2 aliphatic rings. The lowest BCUT2D eigenvalue weighted by atomic mass is 10.2. The maximum atomic E-state index is 4.79. The van der Waals surface area contributed by atoms with Crippen LogP contribution in [0.5, 0.6) is 0 Å². The molecule has 3 N–H and O–H groups in total. The molecule has 1 fully saturated rings. The topological polar surface area (TPSA) is 28.6 Å². The van der Waals surface area contributed by atoms with Crippen molar-refractivity contribution in [2.45, 2.75) is 25.7 Å². The number of quaternary nitrogens is 1. The van der Waals surface area contributed by atoms with E-state index in [0.29, 0.717) is 0 Å². The molecule has 0 aromatic heterocycles. The van der Waals surface area contributed by atoms with Crippen LogP contribution in [0.2, 0.25) is 0 Å². The maximum absolute atomic E-state index is 4.79. The second-order valence-corrected chi connectivity index (χ2v) is 3.72. The van der Waals surface area contributed by atoms with E-state index in [0.717, 1.165) is 11.4 Å². The minimum Gasteiger partial charge on any atom is -0.763 e. The Balaban J connectivity index is 0.000000132. The van der Waals surface area contributed by atoms with Crippen LogP contribution in [-0.2, 0) is 12.6 Å². The molecule has 1 saturated heterocycles. The molecule has 13 heavy (non-hydrogen) atoms. The molecule has 2 rings (SSSR count). The van der Waals surface area contributed by atoms with Gasteiger partial charge < -0.3 is 23.3 Å². The van der Waals surface area contributed by atoms with Gasteiger partial charge in [-0.1, -0.05) is 12.2 Å². The number of piperidine rings is 1. The average molecular weight is 198 g/mol. The van der Waals surface area contributed by atoms with E-state index in [1.165, 1.54) is 32.4 Å². The highest BCUT2D eigenvalue weighted by atomic mass is 32.1. The fourth-order valence-electron chi connectivity index (χ4n) is 1.34. The molecule has 0 radical (unpaired) electrons. The van der Waals surface area contributed by atoms with Gasteiger partial charge in [-0.25, -0.2) is 0 Å². The molecule has 2 nitrogen and oxygen atoms in total. The Labute approximate surface area is 85.9 Å². The van der Waals surface area contributed by atoms with Crippen LogP contribution >= 0.6 is 0 Å². The van der Waals surface area contributed by atoms with Crippen LogP contribution < -0.4 is 10.6 Å². The van der Waals surface area contributed by atoms with Crippen LogP contribution in [0.25, 0.3) is 0 Å². The summed E-state index contributed by atoms with van der Waals surface area (Å²) in [6.07, 6.45) is 11.2. The first-order chi connectivity index (χ1) is 6.39. The summed E-state index contributed by atoms with van der Waals surface area (Å²) in [5.74, 6) is 0. The van der Waals surface area contributed by atoms with Gasteiger partial charge in [0.1, 0.15) is 0 Å². The third kappa shape index (κ3) is 5.66. The highest BCUT2D eigenvalue weighted by Gasteiger charge is 1.97. The highest BCUT2D eigenvalue weighted by Crippen LogP contribution is 1.95. The number of dihydropyridines is 1. The van der Waals surface area contributed by atoms with Crippen molar-refractivity contribution < 1.29 is 5.32 Å². The Kier molecular flexibility index (Phi) is 5.61. The number of rotatable bonds is 0. The number of nitrogens with two attached hydrogens (primary N) is 1. The van der Waals surface area contributed by atoms with Crippen LogP contribution in [0, 0.1) is 0 Å². The molecule has 3 heteroatoms. The SMILES string of the molecule is C1CC[NH2+]CC1.[S-]C1=CCC=CN1. The number of nitrogens with one attached hydrogen (secondary N) is 1. The van der Waals surface area contributed by atoms with Crippen LogP contribution in [0.3, 0.4) is 0 Å². The first-order valence-corrected chi connectivity index (χ1v) is 5.41. The normalized spacial score (nSPS) is 20.8. The van der Waals surface area contributed by atoms with Crippen molar-refractivity contribution in [1.29, 1.82) is 0 Å². The molecule has 0 aromatic rings. The standard InChI is InChI=1S/C5H7NS.C5H11N/c7-5-3-1-2-4-6-5;1-2-4-6-5-3-1/h2-4,6-7H,1H2;6H,1-5H2. The van der Waals surface area contributed by atoms with Crippen molar-refractivity contribution in [3.05, 3.63) is 23.4 Å². The van der Waals surface area contributed by atoms with Gasteiger partial charge in [0.15, 0.2) is 0 Å². The summed E-state index contributed by atoms with van der Waals surface area (Å²) in [4.78, 5) is 0. The number of hydrogen-bond acceptors (Lipinski definition) is 2. The first kappa shape index (κ1) is 10.5. The van der Waals surface area contributed by atoms with Gasteiger partial charge in [-0.2, -0.15) is 0 Å². The smallest absolute Gasteiger partial charge is 0.0755 e. The zero-order chi connectivity index (χ0) is 9.36. The van der Waals surface area contributed by atoms with E-state index in [1.54, 1.807) is 0 Å². The summed E-state index contributed by atoms with van der Waals surface area (Å²) in [7, 11) is 0. The Morgan fingerprint density at radius 1 is 1.23 bits per heavy atom. The van der Waals surface area contributed by atoms with E-state index >= 15 is 0 Å². The fourth-order valence-corrected chi connectivity index (χ4v) is 1.51. The van der Waals surface area contributed by atoms with Crippen LogP contribution in [0.4, 0.5) is 0 Å². The molecule has 0 spiro atoms. The first-order valence-electron chi connectivity index (χ1n) is 5.00. The third-order valence-corrected chi connectivity index (χ3v) is 2.38. The Morgan fingerprint density at radius 2 is 2.00 bits per heavy atom. The fraction of sp³-hybridized carbons (Fsp3) is 0.600. The lowest BCUT2D eigenvalue weighted by molar-refractivity contribution is -0.662. The summed E-state index contributed by atoms with van der Waals surface area (Å²) >= 11 is 4.79. The van der Waals surface area contributed by atoms with Gasteiger partial charge in [-0.05, 0) is 31.9 Å². The van der Waals surface area contributed by atoms with Gasteiger partial charge in [-0.3, -0.25) is 0 Å². The van der Waals surface area contributed by atoms with Gasteiger partial charge in [0.25, 0.3) is 0 Å². The molecule has 0 saturated carbocycles. The molecule has 0 unspecified atom stereocenters.